The highest BCUT2D eigenvalue weighted by Gasteiger charge is 2.29. The van der Waals surface area contributed by atoms with E-state index in [1.165, 1.54) is 5.56 Å². The van der Waals surface area contributed by atoms with Gasteiger partial charge in [0, 0.05) is 13.5 Å². The van der Waals surface area contributed by atoms with Crippen LogP contribution in [-0.2, 0) is 4.74 Å². The summed E-state index contributed by atoms with van der Waals surface area (Å²) in [5.41, 5.74) is 2.10. The number of aryl methyl sites for hydroxylation is 2. The second kappa shape index (κ2) is 6.00. The monoisotopic (exact) mass is 327 g/mol. The van der Waals surface area contributed by atoms with Crippen LogP contribution in [-0.4, -0.2) is 50.0 Å². The van der Waals surface area contributed by atoms with E-state index in [0.717, 1.165) is 5.69 Å². The third-order valence-corrected chi connectivity index (χ3v) is 3.91. The first-order valence-corrected chi connectivity index (χ1v) is 7.73. The number of anilines is 1. The van der Waals surface area contributed by atoms with Crippen molar-refractivity contribution in [2.24, 2.45) is 0 Å². The topological polar surface area (TPSA) is 95.0 Å². The highest BCUT2D eigenvalue weighted by molar-refractivity contribution is 5.42. The first-order chi connectivity index (χ1) is 11.7. The van der Waals surface area contributed by atoms with Crippen LogP contribution in [0.2, 0.25) is 0 Å². The molecular formula is C15H17N7O2. The Morgan fingerprint density at radius 2 is 2.00 bits per heavy atom. The van der Waals surface area contributed by atoms with E-state index in [0.29, 0.717) is 37.4 Å². The predicted molar refractivity (Wildman–Crippen MR) is 83.8 cm³/mol. The van der Waals surface area contributed by atoms with Gasteiger partial charge < -0.3 is 14.2 Å². The molecule has 3 aromatic rings. The summed E-state index contributed by atoms with van der Waals surface area (Å²) >= 11 is 0. The zero-order valence-corrected chi connectivity index (χ0v) is 13.5. The second-order valence-electron chi connectivity index (χ2n) is 5.70. The van der Waals surface area contributed by atoms with Crippen LogP contribution in [0.15, 0.2) is 28.8 Å². The molecule has 124 valence electrons. The van der Waals surface area contributed by atoms with Crippen molar-refractivity contribution in [3.8, 4) is 5.69 Å². The Labute approximate surface area is 138 Å². The van der Waals surface area contributed by atoms with Crippen molar-refractivity contribution >= 4 is 5.95 Å². The molecule has 0 radical (unpaired) electrons. The summed E-state index contributed by atoms with van der Waals surface area (Å²) in [5.74, 6) is 1.74. The number of aromatic nitrogens is 6. The number of hydrogen-bond acceptors (Lipinski definition) is 8. The van der Waals surface area contributed by atoms with E-state index in [4.69, 9.17) is 9.26 Å². The summed E-state index contributed by atoms with van der Waals surface area (Å²) < 4.78 is 12.5. The number of rotatable bonds is 3. The van der Waals surface area contributed by atoms with Gasteiger partial charge in [0.15, 0.2) is 0 Å². The molecule has 0 aliphatic carbocycles. The number of hydrogen-bond donors (Lipinski definition) is 0. The molecule has 0 N–H and O–H groups in total. The van der Waals surface area contributed by atoms with E-state index in [2.05, 4.69) is 30.6 Å². The molecule has 0 bridgehead atoms. The summed E-state index contributed by atoms with van der Waals surface area (Å²) in [7, 11) is 0. The smallest absolute Gasteiger partial charge is 0.250 e. The van der Waals surface area contributed by atoms with E-state index in [1.807, 2.05) is 31.2 Å². The van der Waals surface area contributed by atoms with Crippen LogP contribution in [0.25, 0.3) is 5.69 Å². The number of morpholine rings is 1. The van der Waals surface area contributed by atoms with Crippen molar-refractivity contribution < 1.29 is 9.26 Å². The van der Waals surface area contributed by atoms with Crippen LogP contribution < -0.4 is 4.90 Å². The average molecular weight is 327 g/mol. The molecule has 1 fully saturated rings. The van der Waals surface area contributed by atoms with Crippen LogP contribution >= 0.6 is 0 Å². The lowest BCUT2D eigenvalue weighted by atomic mass is 10.2. The first kappa shape index (κ1) is 14.8. The summed E-state index contributed by atoms with van der Waals surface area (Å²) in [6.45, 7) is 5.60. The highest BCUT2D eigenvalue weighted by Crippen LogP contribution is 2.24. The van der Waals surface area contributed by atoms with Crippen molar-refractivity contribution in [3.63, 3.8) is 0 Å². The molecule has 1 saturated heterocycles. The number of benzene rings is 1. The minimum Gasteiger partial charge on any atom is -0.366 e. The minimum atomic E-state index is -0.264. The van der Waals surface area contributed by atoms with Gasteiger partial charge in [-0.25, -0.2) is 0 Å². The van der Waals surface area contributed by atoms with Gasteiger partial charge in [0.05, 0.1) is 18.8 Å². The molecule has 4 rings (SSSR count). The summed E-state index contributed by atoms with van der Waals surface area (Å²) in [5, 5.41) is 16.1. The van der Waals surface area contributed by atoms with Crippen molar-refractivity contribution in [3.05, 3.63) is 41.5 Å². The Kier molecular flexibility index (Phi) is 3.69. The summed E-state index contributed by atoms with van der Waals surface area (Å²) in [6, 6.07) is 8.06. The van der Waals surface area contributed by atoms with Gasteiger partial charge in [0.1, 0.15) is 6.10 Å². The van der Waals surface area contributed by atoms with Crippen LogP contribution in [0.4, 0.5) is 5.95 Å². The van der Waals surface area contributed by atoms with E-state index < -0.39 is 0 Å². The molecule has 0 spiro atoms. The molecule has 24 heavy (non-hydrogen) atoms. The van der Waals surface area contributed by atoms with Crippen LogP contribution in [0.5, 0.6) is 0 Å². The Bertz CT molecular complexity index is 826. The van der Waals surface area contributed by atoms with Gasteiger partial charge in [0.2, 0.25) is 11.7 Å². The highest BCUT2D eigenvalue weighted by atomic mass is 16.5. The lowest BCUT2D eigenvalue weighted by Crippen LogP contribution is -2.40. The van der Waals surface area contributed by atoms with E-state index in [1.54, 1.807) is 11.6 Å². The molecule has 9 heteroatoms. The second-order valence-corrected chi connectivity index (χ2v) is 5.70. The SMILES string of the molecule is Cc1ccc(-n2nnnc2N2CCOC(c3noc(C)n3)C2)cc1. The molecule has 1 aliphatic heterocycles. The molecule has 2 aromatic heterocycles. The number of ether oxygens (including phenoxy) is 1. The minimum absolute atomic E-state index is 0.264. The van der Waals surface area contributed by atoms with Crippen molar-refractivity contribution in [1.29, 1.82) is 0 Å². The zero-order valence-electron chi connectivity index (χ0n) is 13.5. The molecule has 1 aromatic carbocycles. The van der Waals surface area contributed by atoms with Gasteiger partial charge in [-0.1, -0.05) is 28.0 Å². The molecule has 1 aliphatic rings. The molecular weight excluding hydrogens is 310 g/mol. The largest absolute Gasteiger partial charge is 0.366 e. The molecule has 0 saturated carbocycles. The molecule has 3 heterocycles. The lowest BCUT2D eigenvalue weighted by Gasteiger charge is -2.31. The first-order valence-electron chi connectivity index (χ1n) is 7.73. The zero-order chi connectivity index (χ0) is 16.5. The van der Waals surface area contributed by atoms with Crippen LogP contribution in [0.1, 0.15) is 23.4 Å². The number of tetrazole rings is 1. The van der Waals surface area contributed by atoms with Crippen molar-refractivity contribution in [2.45, 2.75) is 20.0 Å². The molecule has 9 nitrogen and oxygen atoms in total. The lowest BCUT2D eigenvalue weighted by molar-refractivity contribution is 0.0319. The van der Waals surface area contributed by atoms with Gasteiger partial charge in [0.25, 0.3) is 5.95 Å². The third kappa shape index (κ3) is 2.73. The maximum absolute atomic E-state index is 5.76. The van der Waals surface area contributed by atoms with Gasteiger partial charge in [-0.3, -0.25) is 0 Å². The van der Waals surface area contributed by atoms with Crippen molar-refractivity contribution in [2.75, 3.05) is 24.6 Å². The maximum atomic E-state index is 5.76. The Balaban J connectivity index is 1.60. The standard InChI is InChI=1S/C15H17N7O2/c1-10-3-5-12(6-4-10)22-15(17-19-20-22)21-7-8-23-13(9-21)14-16-11(2)24-18-14/h3-6,13H,7-9H2,1-2H3. The quantitative estimate of drug-likeness (QED) is 0.709. The van der Waals surface area contributed by atoms with E-state index in [9.17, 15) is 0 Å². The molecule has 1 atom stereocenters. The van der Waals surface area contributed by atoms with Gasteiger partial charge in [-0.2, -0.15) is 9.67 Å². The summed E-state index contributed by atoms with van der Waals surface area (Å²) in [4.78, 5) is 6.32. The fourth-order valence-corrected chi connectivity index (χ4v) is 2.67. The Morgan fingerprint density at radius 3 is 2.75 bits per heavy atom. The molecule has 1 unspecified atom stereocenters. The maximum Gasteiger partial charge on any atom is 0.250 e. The van der Waals surface area contributed by atoms with Gasteiger partial charge in [-0.15, -0.1) is 0 Å². The van der Waals surface area contributed by atoms with Crippen LogP contribution in [0, 0.1) is 13.8 Å². The van der Waals surface area contributed by atoms with Gasteiger partial charge >= 0.3 is 0 Å². The molecule has 0 amide bonds. The normalized spacial score (nSPS) is 18.1. The average Bonchev–Trinajstić information content (AvgIpc) is 3.25. The fraction of sp³-hybridized carbons (Fsp3) is 0.400. The summed E-state index contributed by atoms with van der Waals surface area (Å²) in [6.07, 6.45) is -0.264. The van der Waals surface area contributed by atoms with Gasteiger partial charge in [-0.05, 0) is 29.5 Å². The van der Waals surface area contributed by atoms with E-state index in [-0.39, 0.29) is 6.10 Å². The fourth-order valence-electron chi connectivity index (χ4n) is 2.67. The Hall–Kier alpha value is -2.81. The Morgan fingerprint density at radius 1 is 1.17 bits per heavy atom. The van der Waals surface area contributed by atoms with Crippen LogP contribution in [0.3, 0.4) is 0 Å². The van der Waals surface area contributed by atoms with Crippen molar-refractivity contribution in [1.82, 2.24) is 30.3 Å². The predicted octanol–water partition coefficient (Wildman–Crippen LogP) is 1.24. The number of nitrogens with zero attached hydrogens (tertiary/aromatic N) is 7. The van der Waals surface area contributed by atoms with E-state index >= 15 is 0 Å². The third-order valence-electron chi connectivity index (χ3n) is 3.91.